The van der Waals surface area contributed by atoms with E-state index >= 15 is 0 Å². The zero-order valence-electron chi connectivity index (χ0n) is 26.6. The molecule has 0 spiro atoms. The average Bonchev–Trinajstić information content (AvgIpc) is 3.67. The maximum absolute atomic E-state index is 13.3. The Hall–Kier alpha value is -3.53. The summed E-state index contributed by atoms with van der Waals surface area (Å²) in [6.07, 6.45) is 8.92. The number of nitrogens with one attached hydrogen (secondary N) is 2. The van der Waals surface area contributed by atoms with Gasteiger partial charge in [-0.2, -0.15) is 0 Å². The number of amides is 1. The number of hydrogen-bond acceptors (Lipinski definition) is 7. The fourth-order valence-electron chi connectivity index (χ4n) is 6.86. The third-order valence-electron chi connectivity index (χ3n) is 9.53. The number of nitrogens with zero attached hydrogens (tertiary/aromatic N) is 1. The SMILES string of the molecule is COCCCOc1ccc2c(COc3cccc4[nH]c(C(=O)NC5CCC(O)(CCN6CCC[C@@H](C)C6)CC5)cc34)coc2c1. The first-order chi connectivity index (χ1) is 21.9. The van der Waals surface area contributed by atoms with Gasteiger partial charge in [0.2, 0.25) is 0 Å². The minimum atomic E-state index is -0.629. The van der Waals surface area contributed by atoms with Gasteiger partial charge in [0.15, 0.2) is 0 Å². The zero-order chi connectivity index (χ0) is 31.2. The minimum absolute atomic E-state index is 0.0561. The zero-order valence-corrected chi connectivity index (χ0v) is 26.6. The molecule has 1 aliphatic heterocycles. The Morgan fingerprint density at radius 1 is 1.11 bits per heavy atom. The van der Waals surface area contributed by atoms with Crippen molar-refractivity contribution in [3.05, 3.63) is 60.0 Å². The van der Waals surface area contributed by atoms with Crippen LogP contribution >= 0.6 is 0 Å². The van der Waals surface area contributed by atoms with Gasteiger partial charge in [0.05, 0.1) is 18.5 Å². The Balaban J connectivity index is 1.02. The Kier molecular flexibility index (Phi) is 9.97. The van der Waals surface area contributed by atoms with E-state index in [-0.39, 0.29) is 11.9 Å². The molecular formula is C36H47N3O6. The van der Waals surface area contributed by atoms with Gasteiger partial charge in [0, 0.05) is 67.2 Å². The molecular weight excluding hydrogens is 570 g/mol. The molecule has 1 aliphatic carbocycles. The van der Waals surface area contributed by atoms with E-state index in [0.29, 0.717) is 31.3 Å². The molecule has 0 unspecified atom stereocenters. The van der Waals surface area contributed by atoms with Crippen LogP contribution in [0.15, 0.2) is 53.1 Å². The van der Waals surface area contributed by atoms with Gasteiger partial charge in [-0.3, -0.25) is 4.79 Å². The van der Waals surface area contributed by atoms with Crippen LogP contribution < -0.4 is 14.8 Å². The third kappa shape index (κ3) is 7.83. The molecule has 6 rings (SSSR count). The minimum Gasteiger partial charge on any atom is -0.493 e. The quantitative estimate of drug-likeness (QED) is 0.148. The van der Waals surface area contributed by atoms with Crippen LogP contribution in [-0.4, -0.2) is 72.5 Å². The number of aliphatic hydroxyl groups is 1. The highest BCUT2D eigenvalue weighted by molar-refractivity contribution is 5.99. The molecule has 2 fully saturated rings. The van der Waals surface area contributed by atoms with E-state index in [1.807, 2.05) is 42.5 Å². The van der Waals surface area contributed by atoms with E-state index < -0.39 is 5.60 Å². The molecule has 1 saturated carbocycles. The molecule has 0 radical (unpaired) electrons. The average molecular weight is 618 g/mol. The number of furan rings is 1. The van der Waals surface area contributed by atoms with Gasteiger partial charge in [0.1, 0.15) is 29.4 Å². The maximum atomic E-state index is 13.3. The first-order valence-corrected chi connectivity index (χ1v) is 16.5. The first kappa shape index (κ1) is 31.5. The van der Waals surface area contributed by atoms with Crippen LogP contribution in [0.3, 0.4) is 0 Å². The molecule has 4 aromatic rings. The Labute approximate surface area is 265 Å². The summed E-state index contributed by atoms with van der Waals surface area (Å²) in [7, 11) is 1.68. The molecule has 2 aliphatic rings. The monoisotopic (exact) mass is 617 g/mol. The van der Waals surface area contributed by atoms with Crippen LogP contribution in [0, 0.1) is 5.92 Å². The van der Waals surface area contributed by atoms with Crippen molar-refractivity contribution in [2.75, 3.05) is 40.0 Å². The smallest absolute Gasteiger partial charge is 0.267 e. The second-order valence-electron chi connectivity index (χ2n) is 13.1. The third-order valence-corrected chi connectivity index (χ3v) is 9.53. The Morgan fingerprint density at radius 3 is 2.80 bits per heavy atom. The number of hydrogen-bond donors (Lipinski definition) is 3. The molecule has 0 bridgehead atoms. The molecule has 45 heavy (non-hydrogen) atoms. The predicted octanol–water partition coefficient (Wildman–Crippen LogP) is 6.43. The summed E-state index contributed by atoms with van der Waals surface area (Å²) in [4.78, 5) is 19.0. The molecule has 242 valence electrons. The molecule has 2 aromatic heterocycles. The van der Waals surface area contributed by atoms with Crippen LogP contribution in [-0.2, 0) is 11.3 Å². The summed E-state index contributed by atoms with van der Waals surface area (Å²) < 4.78 is 22.9. The van der Waals surface area contributed by atoms with Crippen molar-refractivity contribution in [3.8, 4) is 11.5 Å². The molecule has 3 N–H and O–H groups in total. The predicted molar refractivity (Wildman–Crippen MR) is 175 cm³/mol. The van der Waals surface area contributed by atoms with Gasteiger partial charge < -0.3 is 38.9 Å². The second-order valence-corrected chi connectivity index (χ2v) is 13.1. The molecule has 3 heterocycles. The van der Waals surface area contributed by atoms with Gasteiger partial charge in [0.25, 0.3) is 5.91 Å². The summed E-state index contributed by atoms with van der Waals surface area (Å²) in [6.45, 7) is 7.13. The van der Waals surface area contributed by atoms with E-state index in [2.05, 4.69) is 22.1 Å². The summed E-state index contributed by atoms with van der Waals surface area (Å²) in [5, 5.41) is 16.3. The number of aromatic amines is 1. The van der Waals surface area contributed by atoms with E-state index in [0.717, 1.165) is 97.3 Å². The van der Waals surface area contributed by atoms with Crippen molar-refractivity contribution in [2.24, 2.45) is 5.92 Å². The highest BCUT2D eigenvalue weighted by Crippen LogP contribution is 2.33. The van der Waals surface area contributed by atoms with E-state index in [9.17, 15) is 9.90 Å². The number of carbonyl (C=O) groups excluding carboxylic acids is 1. The van der Waals surface area contributed by atoms with E-state index in [1.165, 1.54) is 12.8 Å². The topological polar surface area (TPSA) is 109 Å². The van der Waals surface area contributed by atoms with Crippen molar-refractivity contribution in [1.29, 1.82) is 0 Å². The number of aromatic nitrogens is 1. The second kappa shape index (κ2) is 14.3. The fourth-order valence-corrected chi connectivity index (χ4v) is 6.86. The first-order valence-electron chi connectivity index (χ1n) is 16.5. The lowest BCUT2D eigenvalue weighted by atomic mass is 9.80. The van der Waals surface area contributed by atoms with Crippen LogP contribution in [0.5, 0.6) is 11.5 Å². The number of H-pyrrole nitrogens is 1. The number of ether oxygens (including phenoxy) is 3. The number of carbonyl (C=O) groups is 1. The Morgan fingerprint density at radius 2 is 1.98 bits per heavy atom. The van der Waals surface area contributed by atoms with Crippen LogP contribution in [0.1, 0.15) is 74.3 Å². The molecule has 2 aromatic carbocycles. The highest BCUT2D eigenvalue weighted by Gasteiger charge is 2.34. The lowest BCUT2D eigenvalue weighted by Gasteiger charge is -2.39. The maximum Gasteiger partial charge on any atom is 0.267 e. The lowest BCUT2D eigenvalue weighted by molar-refractivity contribution is -0.0201. The number of benzene rings is 2. The van der Waals surface area contributed by atoms with E-state index in [1.54, 1.807) is 13.4 Å². The largest absolute Gasteiger partial charge is 0.493 e. The molecule has 9 heteroatoms. The number of methoxy groups -OCH3 is 1. The summed E-state index contributed by atoms with van der Waals surface area (Å²) in [5.41, 5.74) is 2.40. The van der Waals surface area contributed by atoms with E-state index in [4.69, 9.17) is 18.6 Å². The standard InChI is InChI=1S/C36H47N3O6/c1-25-6-4-16-39(22-25)17-15-36(41)13-11-27(12-14-36)37-35(40)32-21-30-31(38-32)7-3-8-33(30)44-23-26-24-45-34-20-28(9-10-29(26)34)43-19-5-18-42-2/h3,7-10,20-21,24-25,27,38,41H,4-6,11-19,22-23H2,1-2H3,(H,37,40)/t25-,27?,36?/m1/s1. The van der Waals surface area contributed by atoms with Crippen molar-refractivity contribution < 1.29 is 28.5 Å². The molecule has 1 saturated heterocycles. The summed E-state index contributed by atoms with van der Waals surface area (Å²) in [6, 6.07) is 13.5. The molecule has 9 nitrogen and oxygen atoms in total. The number of fused-ring (bicyclic) bond motifs is 2. The van der Waals surface area contributed by atoms with Gasteiger partial charge in [-0.05, 0) is 87.7 Å². The lowest BCUT2D eigenvalue weighted by Crippen LogP contribution is -2.45. The number of likely N-dealkylation sites (tertiary alicyclic amines) is 1. The number of piperidine rings is 1. The van der Waals surface area contributed by atoms with Crippen LogP contribution in [0.25, 0.3) is 21.9 Å². The van der Waals surface area contributed by atoms with Crippen LogP contribution in [0.2, 0.25) is 0 Å². The summed E-state index contributed by atoms with van der Waals surface area (Å²) in [5.74, 6) is 2.07. The molecule has 1 amide bonds. The number of rotatable bonds is 13. The van der Waals surface area contributed by atoms with Crippen LogP contribution in [0.4, 0.5) is 0 Å². The van der Waals surface area contributed by atoms with Crippen molar-refractivity contribution >= 4 is 27.8 Å². The van der Waals surface area contributed by atoms with Gasteiger partial charge in [-0.25, -0.2) is 0 Å². The van der Waals surface area contributed by atoms with Gasteiger partial charge >= 0.3 is 0 Å². The Bertz CT molecular complexity index is 1570. The van der Waals surface area contributed by atoms with Crippen molar-refractivity contribution in [3.63, 3.8) is 0 Å². The summed E-state index contributed by atoms with van der Waals surface area (Å²) >= 11 is 0. The fraction of sp³-hybridized carbons (Fsp3) is 0.528. The van der Waals surface area contributed by atoms with Crippen molar-refractivity contribution in [2.45, 2.75) is 76.5 Å². The van der Waals surface area contributed by atoms with Gasteiger partial charge in [-0.1, -0.05) is 13.0 Å². The molecule has 1 atom stereocenters. The normalized spacial score (nSPS) is 22.6. The van der Waals surface area contributed by atoms with Gasteiger partial charge in [-0.15, -0.1) is 0 Å². The van der Waals surface area contributed by atoms with Crippen molar-refractivity contribution in [1.82, 2.24) is 15.2 Å². The highest BCUT2D eigenvalue weighted by atomic mass is 16.5.